The molecule has 0 aliphatic carbocycles. The largest absolute Gasteiger partial charge is 0.368 e. The minimum atomic E-state index is -0.457. The van der Waals surface area contributed by atoms with Gasteiger partial charge in [-0.15, -0.1) is 0 Å². The Hall–Kier alpha value is -1.10. The van der Waals surface area contributed by atoms with E-state index in [2.05, 4.69) is 12.2 Å². The molecule has 1 fully saturated rings. The molecule has 0 saturated carbocycles. The van der Waals surface area contributed by atoms with E-state index in [9.17, 15) is 9.59 Å². The summed E-state index contributed by atoms with van der Waals surface area (Å²) in [6, 6.07) is 0. The summed E-state index contributed by atoms with van der Waals surface area (Å²) in [7, 11) is 1.66. The first-order valence-electron chi connectivity index (χ1n) is 6.26. The molecular weight excluding hydrogens is 218 g/mol. The predicted molar refractivity (Wildman–Crippen MR) is 66.3 cm³/mol. The highest BCUT2D eigenvalue weighted by Crippen LogP contribution is 2.35. The van der Waals surface area contributed by atoms with Crippen LogP contribution in [-0.4, -0.2) is 43.4 Å². The Bertz CT molecular complexity index is 280. The predicted octanol–water partition coefficient (Wildman–Crippen LogP) is 0.100. The van der Waals surface area contributed by atoms with Gasteiger partial charge in [-0.3, -0.25) is 9.59 Å². The number of likely N-dealkylation sites (N-methyl/N-ethyl adjacent to an activating group) is 1. The van der Waals surface area contributed by atoms with Crippen molar-refractivity contribution in [2.75, 3.05) is 26.7 Å². The van der Waals surface area contributed by atoms with Crippen LogP contribution < -0.4 is 11.1 Å². The molecule has 2 amide bonds. The molecule has 98 valence electrons. The van der Waals surface area contributed by atoms with Gasteiger partial charge in [-0.05, 0) is 32.4 Å². The van der Waals surface area contributed by atoms with Gasteiger partial charge >= 0.3 is 0 Å². The van der Waals surface area contributed by atoms with Crippen LogP contribution in [0.25, 0.3) is 0 Å². The number of nitrogens with one attached hydrogen (secondary N) is 1. The van der Waals surface area contributed by atoms with Gasteiger partial charge < -0.3 is 16.0 Å². The highest BCUT2D eigenvalue weighted by atomic mass is 16.2. The van der Waals surface area contributed by atoms with Gasteiger partial charge in [0.15, 0.2) is 0 Å². The van der Waals surface area contributed by atoms with Crippen molar-refractivity contribution < 1.29 is 9.59 Å². The number of nitrogens with two attached hydrogens (primary N) is 1. The number of carbonyl (C=O) groups is 2. The molecule has 0 unspecified atom stereocenters. The summed E-state index contributed by atoms with van der Waals surface area (Å²) in [6.07, 6.45) is 3.57. The van der Waals surface area contributed by atoms with E-state index in [1.54, 1.807) is 7.05 Å². The summed E-state index contributed by atoms with van der Waals surface area (Å²) in [4.78, 5) is 24.8. The lowest BCUT2D eigenvalue weighted by molar-refractivity contribution is -0.145. The van der Waals surface area contributed by atoms with Gasteiger partial charge in [0, 0.05) is 7.05 Å². The van der Waals surface area contributed by atoms with E-state index in [1.165, 1.54) is 4.90 Å². The number of piperidine rings is 1. The number of hydrogen-bond donors (Lipinski definition) is 2. The van der Waals surface area contributed by atoms with Crippen molar-refractivity contribution >= 4 is 11.8 Å². The van der Waals surface area contributed by atoms with E-state index in [0.29, 0.717) is 0 Å². The molecule has 0 radical (unpaired) electrons. The van der Waals surface area contributed by atoms with E-state index in [0.717, 1.165) is 38.8 Å². The van der Waals surface area contributed by atoms with Crippen LogP contribution in [-0.2, 0) is 9.59 Å². The van der Waals surface area contributed by atoms with Crippen molar-refractivity contribution in [2.45, 2.75) is 32.6 Å². The van der Waals surface area contributed by atoms with Crippen LogP contribution in [0.1, 0.15) is 32.6 Å². The molecule has 5 heteroatoms. The lowest BCUT2D eigenvalue weighted by atomic mass is 9.74. The second kappa shape index (κ2) is 6.00. The van der Waals surface area contributed by atoms with Gasteiger partial charge in [0.1, 0.15) is 0 Å². The zero-order chi connectivity index (χ0) is 12.9. The van der Waals surface area contributed by atoms with Crippen molar-refractivity contribution in [1.82, 2.24) is 10.2 Å². The number of primary amides is 1. The van der Waals surface area contributed by atoms with Crippen LogP contribution in [0.2, 0.25) is 0 Å². The lowest BCUT2D eigenvalue weighted by Crippen LogP contribution is -2.49. The molecule has 0 aromatic heterocycles. The molecule has 0 bridgehead atoms. The Morgan fingerprint density at radius 3 is 2.41 bits per heavy atom. The van der Waals surface area contributed by atoms with Crippen LogP contribution in [0.4, 0.5) is 0 Å². The third-order valence-corrected chi connectivity index (χ3v) is 3.48. The Labute approximate surface area is 103 Å². The third kappa shape index (κ3) is 3.43. The van der Waals surface area contributed by atoms with E-state index in [4.69, 9.17) is 5.73 Å². The van der Waals surface area contributed by atoms with Crippen LogP contribution >= 0.6 is 0 Å². The first kappa shape index (κ1) is 14.0. The van der Waals surface area contributed by atoms with E-state index >= 15 is 0 Å². The van der Waals surface area contributed by atoms with Gasteiger partial charge in [-0.2, -0.15) is 0 Å². The summed E-state index contributed by atoms with van der Waals surface area (Å²) < 4.78 is 0. The molecule has 1 aliphatic rings. The summed E-state index contributed by atoms with van der Waals surface area (Å²) in [5.74, 6) is -0.388. The molecule has 1 aliphatic heterocycles. The summed E-state index contributed by atoms with van der Waals surface area (Å²) >= 11 is 0. The standard InChI is InChI=1S/C12H23N3O2/c1-3-4-12(5-7-14-8-6-12)11(17)15(2)9-10(13)16/h14H,3-9H2,1-2H3,(H2,13,16). The Morgan fingerprint density at radius 2 is 1.94 bits per heavy atom. The molecule has 0 spiro atoms. The maximum Gasteiger partial charge on any atom is 0.237 e. The topological polar surface area (TPSA) is 75.4 Å². The van der Waals surface area contributed by atoms with Crippen molar-refractivity contribution in [3.05, 3.63) is 0 Å². The maximum absolute atomic E-state index is 12.4. The minimum absolute atomic E-state index is 0.0116. The number of nitrogens with zero attached hydrogens (tertiary/aromatic N) is 1. The fourth-order valence-electron chi connectivity index (χ4n) is 2.67. The SMILES string of the molecule is CCCC1(C(=O)N(C)CC(N)=O)CCNCC1. The number of carbonyl (C=O) groups excluding carboxylic acids is 2. The molecule has 0 aromatic carbocycles. The molecule has 3 N–H and O–H groups in total. The molecule has 17 heavy (non-hydrogen) atoms. The van der Waals surface area contributed by atoms with E-state index in [-0.39, 0.29) is 17.9 Å². The zero-order valence-corrected chi connectivity index (χ0v) is 10.8. The highest BCUT2D eigenvalue weighted by molar-refractivity contribution is 5.87. The van der Waals surface area contributed by atoms with Crippen LogP contribution in [0.5, 0.6) is 0 Å². The van der Waals surface area contributed by atoms with Gasteiger partial charge in [-0.25, -0.2) is 0 Å². The first-order valence-corrected chi connectivity index (χ1v) is 6.26. The van der Waals surface area contributed by atoms with Gasteiger partial charge in [0.25, 0.3) is 0 Å². The van der Waals surface area contributed by atoms with Crippen molar-refractivity contribution in [3.63, 3.8) is 0 Å². The van der Waals surface area contributed by atoms with E-state index in [1.807, 2.05) is 0 Å². The molecule has 0 atom stereocenters. The summed E-state index contributed by atoms with van der Waals surface area (Å²) in [5, 5.41) is 3.27. The minimum Gasteiger partial charge on any atom is -0.368 e. The van der Waals surface area contributed by atoms with Crippen molar-refractivity contribution in [1.29, 1.82) is 0 Å². The van der Waals surface area contributed by atoms with Crippen molar-refractivity contribution in [3.8, 4) is 0 Å². The maximum atomic E-state index is 12.4. The Morgan fingerprint density at radius 1 is 1.35 bits per heavy atom. The highest BCUT2D eigenvalue weighted by Gasteiger charge is 2.40. The van der Waals surface area contributed by atoms with Gasteiger partial charge in [0.2, 0.25) is 11.8 Å². The van der Waals surface area contributed by atoms with Gasteiger partial charge in [0.05, 0.1) is 12.0 Å². The normalized spacial score (nSPS) is 18.7. The number of amides is 2. The number of hydrogen-bond acceptors (Lipinski definition) is 3. The lowest BCUT2D eigenvalue weighted by Gasteiger charge is -2.38. The Balaban J connectivity index is 2.75. The molecule has 0 aromatic rings. The molecule has 1 rings (SSSR count). The molecular formula is C12H23N3O2. The van der Waals surface area contributed by atoms with Crippen molar-refractivity contribution in [2.24, 2.45) is 11.1 Å². The molecule has 5 nitrogen and oxygen atoms in total. The average Bonchev–Trinajstić information content (AvgIpc) is 2.28. The second-order valence-corrected chi connectivity index (χ2v) is 4.91. The quantitative estimate of drug-likeness (QED) is 0.717. The zero-order valence-electron chi connectivity index (χ0n) is 10.8. The fraction of sp³-hybridized carbons (Fsp3) is 0.833. The smallest absolute Gasteiger partial charge is 0.237 e. The molecule has 1 heterocycles. The van der Waals surface area contributed by atoms with Crippen LogP contribution in [0.3, 0.4) is 0 Å². The first-order chi connectivity index (χ1) is 8.02. The average molecular weight is 241 g/mol. The van der Waals surface area contributed by atoms with E-state index < -0.39 is 5.91 Å². The second-order valence-electron chi connectivity index (χ2n) is 4.91. The van der Waals surface area contributed by atoms with Gasteiger partial charge in [-0.1, -0.05) is 13.3 Å². The number of rotatable bonds is 5. The Kier molecular flexibility index (Phi) is 4.93. The van der Waals surface area contributed by atoms with Crippen LogP contribution in [0, 0.1) is 5.41 Å². The molecule has 1 saturated heterocycles. The van der Waals surface area contributed by atoms with Crippen LogP contribution in [0.15, 0.2) is 0 Å². The monoisotopic (exact) mass is 241 g/mol. The summed E-state index contributed by atoms with van der Waals surface area (Å²) in [5.41, 5.74) is 4.85. The fourth-order valence-corrected chi connectivity index (χ4v) is 2.67. The summed E-state index contributed by atoms with van der Waals surface area (Å²) in [6.45, 7) is 3.84. The third-order valence-electron chi connectivity index (χ3n) is 3.48.